The molecule has 6 nitrogen and oxygen atoms in total. The van der Waals surface area contributed by atoms with E-state index in [0.717, 1.165) is 109 Å². The molecule has 0 spiro atoms. The monoisotopic (exact) mass is 1070 g/mol. The first-order valence-corrected chi connectivity index (χ1v) is 32.7. The Balaban J connectivity index is 4.15. The lowest BCUT2D eigenvalue weighted by molar-refractivity contribution is -0.167. The molecule has 0 aromatic heterocycles. The number of allylic oxidation sites excluding steroid dienone is 16. The molecule has 77 heavy (non-hydrogen) atoms. The molecule has 0 fully saturated rings. The van der Waals surface area contributed by atoms with E-state index >= 15 is 0 Å². The molecule has 0 N–H and O–H groups in total. The summed E-state index contributed by atoms with van der Waals surface area (Å²) in [5.41, 5.74) is 0. The minimum Gasteiger partial charge on any atom is -0.462 e. The molecule has 0 radical (unpaired) electrons. The summed E-state index contributed by atoms with van der Waals surface area (Å²) in [6, 6.07) is 0. The van der Waals surface area contributed by atoms with Crippen molar-refractivity contribution < 1.29 is 28.6 Å². The highest BCUT2D eigenvalue weighted by Gasteiger charge is 2.19. The fourth-order valence-corrected chi connectivity index (χ4v) is 9.23. The fourth-order valence-electron chi connectivity index (χ4n) is 9.23. The molecular formula is C71H122O6. The van der Waals surface area contributed by atoms with Gasteiger partial charge in [0.25, 0.3) is 0 Å². The minimum atomic E-state index is -0.792. The van der Waals surface area contributed by atoms with Crippen molar-refractivity contribution in [2.24, 2.45) is 0 Å². The standard InChI is InChI=1S/C71H122O6/c1-4-7-10-13-16-18-20-22-24-26-28-30-32-34-36-38-39-41-43-45-47-49-51-53-55-58-61-64-70(73)76-67-68(66-75-69(72)63-60-57-15-12-9-6-3)77-71(74)65-62-59-56-54-52-50-48-46-44-42-40-37-35-33-31-29-27-25-23-21-19-17-14-11-8-5-2/h7,10,16,18,22,24,28,30,34,36,39,41,45,47,51,53,68H,4-6,8-9,11-15,17,19-21,23,25-27,29,31-33,35,37-38,40,42-44,46,48-50,52,54-67H2,1-3H3/b10-7-,18-16-,24-22-,30-28-,36-34-,41-39-,47-45-,53-51-. The summed E-state index contributed by atoms with van der Waals surface area (Å²) in [4.78, 5) is 38.0. The highest BCUT2D eigenvalue weighted by atomic mass is 16.6. The molecule has 1 unspecified atom stereocenters. The maximum Gasteiger partial charge on any atom is 0.306 e. The Labute approximate surface area is 477 Å². The van der Waals surface area contributed by atoms with Crippen molar-refractivity contribution in [3.63, 3.8) is 0 Å². The van der Waals surface area contributed by atoms with E-state index in [1.54, 1.807) is 0 Å². The van der Waals surface area contributed by atoms with Crippen molar-refractivity contribution >= 4 is 17.9 Å². The van der Waals surface area contributed by atoms with Crippen LogP contribution < -0.4 is 0 Å². The molecule has 0 aliphatic rings. The van der Waals surface area contributed by atoms with E-state index < -0.39 is 6.10 Å². The predicted molar refractivity (Wildman–Crippen MR) is 334 cm³/mol. The molecule has 0 saturated heterocycles. The smallest absolute Gasteiger partial charge is 0.306 e. The van der Waals surface area contributed by atoms with Crippen LogP contribution in [-0.2, 0) is 28.6 Å². The molecule has 6 heteroatoms. The molecule has 0 amide bonds. The van der Waals surface area contributed by atoms with Crippen molar-refractivity contribution in [1.29, 1.82) is 0 Å². The third-order valence-corrected chi connectivity index (χ3v) is 14.1. The zero-order valence-corrected chi connectivity index (χ0v) is 50.7. The van der Waals surface area contributed by atoms with E-state index in [0.29, 0.717) is 19.3 Å². The van der Waals surface area contributed by atoms with E-state index in [1.807, 2.05) is 0 Å². The zero-order chi connectivity index (χ0) is 55.7. The molecule has 0 saturated carbocycles. The normalized spacial score (nSPS) is 12.7. The van der Waals surface area contributed by atoms with Gasteiger partial charge in [-0.1, -0.05) is 311 Å². The van der Waals surface area contributed by atoms with Gasteiger partial charge in [-0.05, 0) is 83.5 Å². The minimum absolute atomic E-state index is 0.0895. The number of esters is 3. The molecule has 0 aromatic carbocycles. The molecule has 0 aromatic rings. The summed E-state index contributed by atoms with van der Waals surface area (Å²) in [5, 5.41) is 0. The fraction of sp³-hybridized carbons (Fsp3) is 0.732. The van der Waals surface area contributed by atoms with E-state index in [4.69, 9.17) is 14.2 Å². The Kier molecular flexibility index (Phi) is 61.8. The van der Waals surface area contributed by atoms with Gasteiger partial charge < -0.3 is 14.2 Å². The second-order valence-corrected chi connectivity index (χ2v) is 21.7. The van der Waals surface area contributed by atoms with Crippen LogP contribution in [0.4, 0.5) is 0 Å². The summed E-state index contributed by atoms with van der Waals surface area (Å²) in [5.74, 6) is -0.935. The Hall–Kier alpha value is -3.67. The van der Waals surface area contributed by atoms with Crippen LogP contribution in [0.3, 0.4) is 0 Å². The summed E-state index contributed by atoms with van der Waals surface area (Å²) in [6.45, 7) is 6.46. The van der Waals surface area contributed by atoms with Crippen LogP contribution >= 0.6 is 0 Å². The second-order valence-electron chi connectivity index (χ2n) is 21.7. The van der Waals surface area contributed by atoms with Crippen molar-refractivity contribution in [2.75, 3.05) is 13.2 Å². The lowest BCUT2D eigenvalue weighted by atomic mass is 10.0. The topological polar surface area (TPSA) is 78.9 Å². The summed E-state index contributed by atoms with van der Waals surface area (Å²) in [6.07, 6.45) is 87.5. The lowest BCUT2D eigenvalue weighted by Crippen LogP contribution is -2.30. The van der Waals surface area contributed by atoms with E-state index in [1.165, 1.54) is 167 Å². The first kappa shape index (κ1) is 73.3. The molecule has 0 aliphatic carbocycles. The molecule has 442 valence electrons. The highest BCUT2D eigenvalue weighted by Crippen LogP contribution is 2.17. The average molecular weight is 1070 g/mol. The number of hydrogen-bond acceptors (Lipinski definition) is 6. The Morgan fingerprint density at radius 1 is 0.273 bits per heavy atom. The van der Waals surface area contributed by atoms with Crippen LogP contribution in [0, 0.1) is 0 Å². The molecule has 0 bridgehead atoms. The third-order valence-electron chi connectivity index (χ3n) is 14.1. The highest BCUT2D eigenvalue weighted by molar-refractivity contribution is 5.71. The lowest BCUT2D eigenvalue weighted by Gasteiger charge is -2.18. The van der Waals surface area contributed by atoms with Gasteiger partial charge in [-0.25, -0.2) is 0 Å². The molecule has 0 aliphatic heterocycles. The summed E-state index contributed by atoms with van der Waals surface area (Å²) in [7, 11) is 0. The maximum atomic E-state index is 12.9. The van der Waals surface area contributed by atoms with Gasteiger partial charge in [-0.2, -0.15) is 0 Å². The van der Waals surface area contributed by atoms with Gasteiger partial charge in [0.15, 0.2) is 6.10 Å². The number of hydrogen-bond donors (Lipinski definition) is 0. The third kappa shape index (κ3) is 63.0. The molecule has 1 atom stereocenters. The SMILES string of the molecule is CC/C=C\C/C=C\C/C=C\C/C=C\C/C=C\C/C=C\C/C=C\C/C=C\CCCCC(=O)OCC(COC(=O)CCCCCCCC)OC(=O)CCCCCCCCCCCCCCCCCCCCCCCCCCCC. The van der Waals surface area contributed by atoms with Crippen LogP contribution in [-0.4, -0.2) is 37.2 Å². The van der Waals surface area contributed by atoms with E-state index in [2.05, 4.69) is 118 Å². The van der Waals surface area contributed by atoms with Gasteiger partial charge in [-0.15, -0.1) is 0 Å². The zero-order valence-electron chi connectivity index (χ0n) is 50.7. The largest absolute Gasteiger partial charge is 0.462 e. The number of rotatable bonds is 59. The van der Waals surface area contributed by atoms with E-state index in [9.17, 15) is 14.4 Å². The molecular weight excluding hydrogens is 949 g/mol. The van der Waals surface area contributed by atoms with Crippen molar-refractivity contribution in [3.05, 3.63) is 97.2 Å². The molecule has 0 rings (SSSR count). The Morgan fingerprint density at radius 3 is 0.792 bits per heavy atom. The number of carbonyl (C=O) groups is 3. The predicted octanol–water partition coefficient (Wildman–Crippen LogP) is 22.4. The summed E-state index contributed by atoms with van der Waals surface area (Å²) < 4.78 is 16.8. The van der Waals surface area contributed by atoms with Crippen LogP contribution in [0.5, 0.6) is 0 Å². The Bertz CT molecular complexity index is 1510. The van der Waals surface area contributed by atoms with Gasteiger partial charge in [-0.3, -0.25) is 14.4 Å². The molecule has 0 heterocycles. The van der Waals surface area contributed by atoms with Gasteiger partial charge in [0.05, 0.1) is 0 Å². The van der Waals surface area contributed by atoms with Crippen LogP contribution in [0.1, 0.15) is 316 Å². The number of carbonyl (C=O) groups excluding carboxylic acids is 3. The van der Waals surface area contributed by atoms with Crippen molar-refractivity contribution in [1.82, 2.24) is 0 Å². The summed E-state index contributed by atoms with van der Waals surface area (Å²) >= 11 is 0. The Morgan fingerprint density at radius 2 is 0.506 bits per heavy atom. The average Bonchev–Trinajstić information content (AvgIpc) is 3.43. The van der Waals surface area contributed by atoms with Crippen molar-refractivity contribution in [3.8, 4) is 0 Å². The first-order chi connectivity index (χ1) is 38.0. The van der Waals surface area contributed by atoms with Gasteiger partial charge in [0, 0.05) is 19.3 Å². The number of ether oxygens (including phenoxy) is 3. The van der Waals surface area contributed by atoms with Crippen molar-refractivity contribution in [2.45, 2.75) is 322 Å². The van der Waals surface area contributed by atoms with Crippen LogP contribution in [0.25, 0.3) is 0 Å². The van der Waals surface area contributed by atoms with E-state index in [-0.39, 0.29) is 31.1 Å². The second kappa shape index (κ2) is 64.9. The van der Waals surface area contributed by atoms with Gasteiger partial charge in [0.2, 0.25) is 0 Å². The van der Waals surface area contributed by atoms with Crippen LogP contribution in [0.2, 0.25) is 0 Å². The van der Waals surface area contributed by atoms with Crippen LogP contribution in [0.15, 0.2) is 97.2 Å². The van der Waals surface area contributed by atoms with Gasteiger partial charge >= 0.3 is 17.9 Å². The first-order valence-electron chi connectivity index (χ1n) is 32.7. The maximum absolute atomic E-state index is 12.9. The quantitative estimate of drug-likeness (QED) is 0.0261. The van der Waals surface area contributed by atoms with Gasteiger partial charge in [0.1, 0.15) is 13.2 Å². The number of unbranched alkanes of at least 4 members (excludes halogenated alkanes) is 32.